The van der Waals surface area contributed by atoms with E-state index in [9.17, 15) is 14.4 Å². The second kappa shape index (κ2) is 6.04. The quantitative estimate of drug-likeness (QED) is 0.754. The summed E-state index contributed by atoms with van der Waals surface area (Å²) < 4.78 is 17.3. The fourth-order valence-electron chi connectivity index (χ4n) is 3.61. The van der Waals surface area contributed by atoms with E-state index in [-0.39, 0.29) is 12.2 Å². The highest BCUT2D eigenvalue weighted by molar-refractivity contribution is 5.97. The zero-order chi connectivity index (χ0) is 19.3. The minimum atomic E-state index is -0.771. The highest BCUT2D eigenvalue weighted by Gasteiger charge is 2.42. The van der Waals surface area contributed by atoms with Gasteiger partial charge in [0, 0.05) is 12.6 Å². The number of ether oxygens (including phenoxy) is 3. The number of para-hydroxylation sites is 1. The van der Waals surface area contributed by atoms with Gasteiger partial charge in [-0.1, -0.05) is 12.1 Å². The van der Waals surface area contributed by atoms with Gasteiger partial charge >= 0.3 is 11.7 Å². The highest BCUT2D eigenvalue weighted by atomic mass is 16.5. The van der Waals surface area contributed by atoms with Crippen LogP contribution in [0.4, 0.5) is 5.82 Å². The Hall–Kier alpha value is -3.49. The third-order valence-corrected chi connectivity index (χ3v) is 4.84. The largest absolute Gasteiger partial charge is 0.493 e. The minimum absolute atomic E-state index is 0.0391. The van der Waals surface area contributed by atoms with Crippen molar-refractivity contribution in [2.75, 3.05) is 26.1 Å². The maximum atomic E-state index is 12.7. The van der Waals surface area contributed by atoms with Crippen LogP contribution in [-0.2, 0) is 16.6 Å². The average Bonchev–Trinajstić information content (AvgIpc) is 3.04. The molecule has 9 nitrogen and oxygen atoms in total. The van der Waals surface area contributed by atoms with E-state index in [4.69, 9.17) is 14.2 Å². The Labute approximate surface area is 153 Å². The number of carbonyl (C=O) groups excluding carboxylic acids is 1. The summed E-state index contributed by atoms with van der Waals surface area (Å²) in [5.74, 6) is -0.115. The van der Waals surface area contributed by atoms with E-state index in [2.05, 4.69) is 10.3 Å². The van der Waals surface area contributed by atoms with Crippen LogP contribution < -0.4 is 26.0 Å². The fraction of sp³-hybridized carbons (Fsp3) is 0.278. The van der Waals surface area contributed by atoms with Crippen molar-refractivity contribution in [3.05, 3.63) is 61.4 Å². The molecule has 140 valence electrons. The Balaban J connectivity index is 2.09. The van der Waals surface area contributed by atoms with E-state index < -0.39 is 23.1 Å². The van der Waals surface area contributed by atoms with Crippen molar-refractivity contribution in [3.63, 3.8) is 0 Å². The van der Waals surface area contributed by atoms with Crippen molar-refractivity contribution in [1.82, 2.24) is 9.55 Å². The summed E-state index contributed by atoms with van der Waals surface area (Å²) in [6, 6.07) is 5.22. The Morgan fingerprint density at radius 3 is 2.67 bits per heavy atom. The Morgan fingerprint density at radius 2 is 1.96 bits per heavy atom. The van der Waals surface area contributed by atoms with Gasteiger partial charge in [-0.15, -0.1) is 0 Å². The number of aromatic amines is 1. The summed E-state index contributed by atoms with van der Waals surface area (Å²) in [7, 11) is 4.52. The number of benzene rings is 1. The lowest BCUT2D eigenvalue weighted by molar-refractivity contribution is -0.136. The number of hydrogen-bond donors (Lipinski definition) is 2. The maximum absolute atomic E-state index is 12.7. The van der Waals surface area contributed by atoms with Gasteiger partial charge in [0.25, 0.3) is 5.56 Å². The van der Waals surface area contributed by atoms with E-state index in [0.29, 0.717) is 34.2 Å². The number of carbonyl (C=O) groups is 1. The van der Waals surface area contributed by atoms with Crippen LogP contribution in [0, 0.1) is 0 Å². The number of cyclic esters (lactones) is 1. The summed E-state index contributed by atoms with van der Waals surface area (Å²) in [6.45, 7) is 0.0391. The van der Waals surface area contributed by atoms with Crippen LogP contribution in [0.2, 0.25) is 0 Å². The molecule has 1 aromatic heterocycles. The molecule has 0 fully saturated rings. The lowest BCUT2D eigenvalue weighted by Gasteiger charge is -2.28. The molecule has 0 aliphatic carbocycles. The molecule has 0 bridgehead atoms. The molecule has 0 amide bonds. The fourth-order valence-corrected chi connectivity index (χ4v) is 3.61. The first kappa shape index (κ1) is 17.0. The third-order valence-electron chi connectivity index (χ3n) is 4.84. The minimum Gasteiger partial charge on any atom is -0.493 e. The van der Waals surface area contributed by atoms with Crippen molar-refractivity contribution in [1.29, 1.82) is 0 Å². The summed E-state index contributed by atoms with van der Waals surface area (Å²) >= 11 is 0. The number of anilines is 1. The molecule has 2 N–H and O–H groups in total. The lowest BCUT2D eigenvalue weighted by Crippen LogP contribution is -2.37. The summed E-state index contributed by atoms with van der Waals surface area (Å²) in [5.41, 5.74) is 0.496. The standard InChI is InChI=1S/C18H17N3O6/c1-21-15-13(16(22)20-18(21)24)11(12-9(19-15)7-27-17(12)23)8-5-4-6-10(25-2)14(8)26-3/h4-6,11,19H,7H2,1-3H3,(H,20,22,24)/t11-/m1/s1. The zero-order valence-electron chi connectivity index (χ0n) is 14.9. The number of esters is 1. The van der Waals surface area contributed by atoms with Crippen LogP contribution in [-0.4, -0.2) is 36.3 Å². The average molecular weight is 371 g/mol. The Morgan fingerprint density at radius 1 is 1.19 bits per heavy atom. The van der Waals surface area contributed by atoms with Crippen molar-refractivity contribution in [2.45, 2.75) is 5.92 Å². The first-order valence-electron chi connectivity index (χ1n) is 8.19. The zero-order valence-corrected chi connectivity index (χ0v) is 14.9. The molecule has 3 heterocycles. The normalized spacial score (nSPS) is 17.7. The van der Waals surface area contributed by atoms with Gasteiger partial charge in [-0.2, -0.15) is 0 Å². The van der Waals surface area contributed by atoms with Gasteiger partial charge in [-0.25, -0.2) is 9.59 Å². The van der Waals surface area contributed by atoms with E-state index in [1.807, 2.05) is 0 Å². The van der Waals surface area contributed by atoms with E-state index in [1.165, 1.54) is 25.8 Å². The first-order valence-corrected chi connectivity index (χ1v) is 8.19. The van der Waals surface area contributed by atoms with Gasteiger partial charge in [0.1, 0.15) is 12.4 Å². The van der Waals surface area contributed by atoms with E-state index in [1.54, 1.807) is 18.2 Å². The van der Waals surface area contributed by atoms with Crippen molar-refractivity contribution < 1.29 is 19.0 Å². The Kier molecular flexibility index (Phi) is 3.79. The number of nitrogens with zero attached hydrogens (tertiary/aromatic N) is 1. The van der Waals surface area contributed by atoms with Crippen LogP contribution in [0.25, 0.3) is 0 Å². The number of aromatic nitrogens is 2. The molecule has 0 unspecified atom stereocenters. The molecule has 0 saturated carbocycles. The van der Waals surface area contributed by atoms with Crippen molar-refractivity contribution in [3.8, 4) is 11.5 Å². The molecular weight excluding hydrogens is 354 g/mol. The van der Waals surface area contributed by atoms with Crippen LogP contribution in [0.1, 0.15) is 17.0 Å². The van der Waals surface area contributed by atoms with E-state index in [0.717, 1.165) is 0 Å². The summed E-state index contributed by atoms with van der Waals surface area (Å²) in [5, 5.41) is 3.01. The molecule has 2 aliphatic heterocycles. The molecule has 1 atom stereocenters. The van der Waals surface area contributed by atoms with Gasteiger partial charge in [0.15, 0.2) is 11.5 Å². The van der Waals surface area contributed by atoms with Crippen LogP contribution in [0.5, 0.6) is 11.5 Å². The number of hydrogen-bond acceptors (Lipinski definition) is 7. The van der Waals surface area contributed by atoms with Crippen LogP contribution >= 0.6 is 0 Å². The van der Waals surface area contributed by atoms with Gasteiger partial charge < -0.3 is 19.5 Å². The Bertz CT molecular complexity index is 1110. The molecule has 1 aromatic carbocycles. The van der Waals surface area contributed by atoms with Gasteiger partial charge in [0.2, 0.25) is 0 Å². The molecule has 27 heavy (non-hydrogen) atoms. The SMILES string of the molecule is COc1cccc([C@@H]2C3=C(COC3=O)Nc3c2c(=O)[nH]c(=O)n3C)c1OC. The summed E-state index contributed by atoms with van der Waals surface area (Å²) in [4.78, 5) is 39.5. The molecule has 0 saturated heterocycles. The van der Waals surface area contributed by atoms with Gasteiger partial charge in [-0.05, 0) is 6.07 Å². The third kappa shape index (κ3) is 2.35. The topological polar surface area (TPSA) is 112 Å². The predicted molar refractivity (Wildman–Crippen MR) is 95.3 cm³/mol. The molecule has 2 aliphatic rings. The van der Waals surface area contributed by atoms with Gasteiger partial charge in [-0.3, -0.25) is 14.3 Å². The van der Waals surface area contributed by atoms with Crippen LogP contribution in [0.15, 0.2) is 39.1 Å². The van der Waals surface area contributed by atoms with Crippen LogP contribution in [0.3, 0.4) is 0 Å². The second-order valence-electron chi connectivity index (χ2n) is 6.19. The molecule has 0 spiro atoms. The monoisotopic (exact) mass is 371 g/mol. The molecule has 2 aromatic rings. The first-order chi connectivity index (χ1) is 13.0. The van der Waals surface area contributed by atoms with Crippen molar-refractivity contribution >= 4 is 11.8 Å². The number of nitrogens with one attached hydrogen (secondary N) is 2. The smallest absolute Gasteiger partial charge is 0.337 e. The maximum Gasteiger partial charge on any atom is 0.337 e. The lowest BCUT2D eigenvalue weighted by atomic mass is 9.82. The second-order valence-corrected chi connectivity index (χ2v) is 6.19. The van der Waals surface area contributed by atoms with Gasteiger partial charge in [0.05, 0.1) is 37.0 Å². The summed E-state index contributed by atoms with van der Waals surface area (Å²) in [6.07, 6.45) is 0. The highest BCUT2D eigenvalue weighted by Crippen LogP contribution is 2.47. The van der Waals surface area contributed by atoms with Crippen molar-refractivity contribution in [2.24, 2.45) is 7.05 Å². The number of methoxy groups -OCH3 is 2. The molecular formula is C18H17N3O6. The van der Waals surface area contributed by atoms with E-state index >= 15 is 0 Å². The molecule has 0 radical (unpaired) electrons. The molecule has 4 rings (SSSR count). The number of H-pyrrole nitrogens is 1. The number of rotatable bonds is 3. The molecule has 9 heteroatoms. The number of fused-ring (bicyclic) bond motifs is 1. The predicted octanol–water partition coefficient (Wildman–Crippen LogP) is 0.459.